The van der Waals surface area contributed by atoms with Gasteiger partial charge >= 0.3 is 0 Å². The van der Waals surface area contributed by atoms with Crippen molar-refractivity contribution in [1.82, 2.24) is 9.97 Å². The van der Waals surface area contributed by atoms with Crippen LogP contribution in [0.2, 0.25) is 0 Å². The zero-order chi connectivity index (χ0) is 17.1. The number of aliphatic hydroxyl groups is 1. The molecule has 0 bridgehead atoms. The molecule has 1 fully saturated rings. The first-order valence-electron chi connectivity index (χ1n) is 9.04. The second-order valence-electron chi connectivity index (χ2n) is 6.70. The van der Waals surface area contributed by atoms with Gasteiger partial charge in [-0.2, -0.15) is 0 Å². The molecule has 0 saturated carbocycles. The molecule has 0 unspecified atom stereocenters. The van der Waals surface area contributed by atoms with Crippen LogP contribution in [-0.2, 0) is 0 Å². The highest BCUT2D eigenvalue weighted by molar-refractivity contribution is 5.68. The van der Waals surface area contributed by atoms with Crippen LogP contribution in [0.25, 0.3) is 5.57 Å². The highest BCUT2D eigenvalue weighted by Crippen LogP contribution is 2.28. The quantitative estimate of drug-likeness (QED) is 0.930. The molecule has 1 aromatic heterocycles. The van der Waals surface area contributed by atoms with Crippen molar-refractivity contribution in [3.8, 4) is 0 Å². The minimum atomic E-state index is 0.187. The number of anilines is 2. The van der Waals surface area contributed by atoms with Gasteiger partial charge in [-0.25, -0.2) is 9.97 Å². The van der Waals surface area contributed by atoms with Gasteiger partial charge in [0.2, 0.25) is 0 Å². The van der Waals surface area contributed by atoms with Crippen LogP contribution in [0.3, 0.4) is 0 Å². The van der Waals surface area contributed by atoms with Crippen LogP contribution >= 0.6 is 0 Å². The fourth-order valence-corrected chi connectivity index (χ4v) is 3.79. The van der Waals surface area contributed by atoms with E-state index in [2.05, 4.69) is 62.2 Å². The zero-order valence-corrected chi connectivity index (χ0v) is 14.4. The average molecular weight is 336 g/mol. The number of hydrogen-bond donors (Lipinski definition) is 1. The van der Waals surface area contributed by atoms with E-state index in [1.807, 2.05) is 0 Å². The highest BCUT2D eigenvalue weighted by atomic mass is 16.3. The van der Waals surface area contributed by atoms with E-state index in [0.717, 1.165) is 50.5 Å². The van der Waals surface area contributed by atoms with Crippen molar-refractivity contribution in [2.24, 2.45) is 0 Å². The summed E-state index contributed by atoms with van der Waals surface area (Å²) in [4.78, 5) is 13.4. The molecule has 1 saturated heterocycles. The Morgan fingerprint density at radius 1 is 1.08 bits per heavy atom. The molecule has 3 heterocycles. The molecule has 0 amide bonds. The van der Waals surface area contributed by atoms with Crippen molar-refractivity contribution >= 4 is 17.2 Å². The minimum absolute atomic E-state index is 0.187. The topological polar surface area (TPSA) is 52.5 Å². The molecule has 5 heteroatoms. The van der Waals surface area contributed by atoms with Crippen LogP contribution in [0.5, 0.6) is 0 Å². The van der Waals surface area contributed by atoms with Crippen molar-refractivity contribution in [3.63, 3.8) is 0 Å². The third-order valence-corrected chi connectivity index (χ3v) is 5.20. The normalized spacial score (nSPS) is 20.7. The number of rotatable bonds is 4. The van der Waals surface area contributed by atoms with Crippen molar-refractivity contribution < 1.29 is 5.11 Å². The average Bonchev–Trinajstić information content (AvgIpc) is 3.18. The summed E-state index contributed by atoms with van der Waals surface area (Å²) in [5.41, 5.74) is 2.72. The first kappa shape index (κ1) is 16.1. The van der Waals surface area contributed by atoms with E-state index in [1.165, 1.54) is 11.1 Å². The summed E-state index contributed by atoms with van der Waals surface area (Å²) in [6, 6.07) is 12.8. The van der Waals surface area contributed by atoms with Gasteiger partial charge in [0.05, 0.1) is 12.6 Å². The maximum Gasteiger partial charge on any atom is 0.134 e. The number of aromatic nitrogens is 2. The van der Waals surface area contributed by atoms with Gasteiger partial charge in [0, 0.05) is 25.7 Å². The summed E-state index contributed by atoms with van der Waals surface area (Å²) in [6.45, 7) is 2.97. The Morgan fingerprint density at radius 2 is 1.92 bits per heavy atom. The molecule has 4 rings (SSSR count). The third kappa shape index (κ3) is 3.37. The van der Waals surface area contributed by atoms with E-state index in [0.29, 0.717) is 0 Å². The molecular formula is C20H24N4O. The summed E-state index contributed by atoms with van der Waals surface area (Å²) in [7, 11) is 0. The van der Waals surface area contributed by atoms with Gasteiger partial charge in [0.1, 0.15) is 18.0 Å². The van der Waals surface area contributed by atoms with E-state index in [4.69, 9.17) is 0 Å². The summed E-state index contributed by atoms with van der Waals surface area (Å²) in [5, 5.41) is 9.55. The molecule has 1 atom stereocenters. The maximum absolute atomic E-state index is 9.55. The Morgan fingerprint density at radius 3 is 2.68 bits per heavy atom. The Bertz CT molecular complexity index is 746. The molecule has 0 aliphatic carbocycles. The summed E-state index contributed by atoms with van der Waals surface area (Å²) in [5.74, 6) is 1.90. The lowest BCUT2D eigenvalue weighted by Crippen LogP contribution is -2.33. The third-order valence-electron chi connectivity index (χ3n) is 5.20. The zero-order valence-electron chi connectivity index (χ0n) is 14.4. The van der Waals surface area contributed by atoms with Crippen LogP contribution in [0.15, 0.2) is 48.8 Å². The lowest BCUT2D eigenvalue weighted by atomic mass is 10.00. The first-order chi connectivity index (χ1) is 12.3. The smallest absolute Gasteiger partial charge is 0.134 e. The predicted molar refractivity (Wildman–Crippen MR) is 101 cm³/mol. The highest BCUT2D eigenvalue weighted by Gasteiger charge is 2.25. The fourth-order valence-electron chi connectivity index (χ4n) is 3.79. The van der Waals surface area contributed by atoms with Gasteiger partial charge in [0.15, 0.2) is 0 Å². The second-order valence-corrected chi connectivity index (χ2v) is 6.70. The lowest BCUT2D eigenvalue weighted by molar-refractivity contribution is 0.266. The molecular weight excluding hydrogens is 312 g/mol. The van der Waals surface area contributed by atoms with Gasteiger partial charge in [-0.15, -0.1) is 0 Å². The Labute approximate surface area is 148 Å². The van der Waals surface area contributed by atoms with Gasteiger partial charge in [-0.1, -0.05) is 36.4 Å². The van der Waals surface area contributed by atoms with Gasteiger partial charge in [-0.05, 0) is 30.4 Å². The largest absolute Gasteiger partial charge is 0.394 e. The van der Waals surface area contributed by atoms with Crippen molar-refractivity contribution in [2.75, 3.05) is 36.0 Å². The summed E-state index contributed by atoms with van der Waals surface area (Å²) in [6.07, 6.45) is 7.10. The molecule has 1 aromatic carbocycles. The SMILES string of the molecule is OC[C@@H]1CCCN1c1cc(N2CC=C(c3ccccc3)CC2)ncn1. The van der Waals surface area contributed by atoms with Crippen LogP contribution in [0.1, 0.15) is 24.8 Å². The number of aliphatic hydroxyl groups excluding tert-OH is 1. The molecule has 5 nitrogen and oxygen atoms in total. The predicted octanol–water partition coefficient (Wildman–Crippen LogP) is 2.73. The van der Waals surface area contributed by atoms with Crippen LogP contribution in [0, 0.1) is 0 Å². The van der Waals surface area contributed by atoms with Gasteiger partial charge < -0.3 is 14.9 Å². The number of nitrogens with zero attached hydrogens (tertiary/aromatic N) is 4. The molecule has 1 N–H and O–H groups in total. The Hall–Kier alpha value is -2.40. The van der Waals surface area contributed by atoms with Gasteiger partial charge in [-0.3, -0.25) is 0 Å². The van der Waals surface area contributed by atoms with E-state index in [-0.39, 0.29) is 12.6 Å². The molecule has 2 aliphatic heterocycles. The summed E-state index contributed by atoms with van der Waals surface area (Å²) >= 11 is 0. The fraction of sp³-hybridized carbons (Fsp3) is 0.400. The van der Waals surface area contributed by atoms with Gasteiger partial charge in [0.25, 0.3) is 0 Å². The van der Waals surface area contributed by atoms with Crippen LogP contribution < -0.4 is 9.80 Å². The van der Waals surface area contributed by atoms with Crippen LogP contribution in [0.4, 0.5) is 11.6 Å². The van der Waals surface area contributed by atoms with Crippen molar-refractivity contribution in [3.05, 3.63) is 54.4 Å². The van der Waals surface area contributed by atoms with E-state index < -0.39 is 0 Å². The second kappa shape index (κ2) is 7.23. The van der Waals surface area contributed by atoms with E-state index >= 15 is 0 Å². The number of benzene rings is 1. The maximum atomic E-state index is 9.55. The van der Waals surface area contributed by atoms with Crippen molar-refractivity contribution in [1.29, 1.82) is 0 Å². The Balaban J connectivity index is 1.50. The molecule has 25 heavy (non-hydrogen) atoms. The molecule has 0 radical (unpaired) electrons. The molecule has 130 valence electrons. The summed E-state index contributed by atoms with van der Waals surface area (Å²) < 4.78 is 0. The van der Waals surface area contributed by atoms with Crippen LogP contribution in [-0.4, -0.2) is 47.4 Å². The van der Waals surface area contributed by atoms with E-state index in [1.54, 1.807) is 6.33 Å². The minimum Gasteiger partial charge on any atom is -0.394 e. The Kier molecular flexibility index (Phi) is 4.65. The number of hydrogen-bond acceptors (Lipinski definition) is 5. The first-order valence-corrected chi connectivity index (χ1v) is 9.04. The van der Waals surface area contributed by atoms with E-state index in [9.17, 15) is 5.11 Å². The monoisotopic (exact) mass is 336 g/mol. The molecule has 2 aliphatic rings. The standard InChI is InChI=1S/C20H24N4O/c25-14-18-7-4-10-24(18)20-13-19(21-15-22-20)23-11-8-17(9-12-23)16-5-2-1-3-6-16/h1-3,5-6,8,13,15,18,25H,4,7,9-12,14H2/t18-/m0/s1. The van der Waals surface area contributed by atoms with Crippen molar-refractivity contribution in [2.45, 2.75) is 25.3 Å². The molecule has 2 aromatic rings. The lowest BCUT2D eigenvalue weighted by Gasteiger charge is -2.29. The molecule has 0 spiro atoms.